The minimum atomic E-state index is 0.894. The Morgan fingerprint density at radius 3 is 3.33 bits per heavy atom. The Labute approximate surface area is 58.6 Å². The van der Waals surface area contributed by atoms with Crippen LogP contribution in [-0.2, 0) is 4.74 Å². The highest BCUT2D eigenvalue weighted by atomic mass is 32.2. The van der Waals surface area contributed by atoms with Crippen molar-refractivity contribution in [3.8, 4) is 0 Å². The first-order chi connectivity index (χ1) is 4.47. The summed E-state index contributed by atoms with van der Waals surface area (Å²) in [6.07, 6.45) is 0. The molecule has 0 fully saturated rings. The summed E-state index contributed by atoms with van der Waals surface area (Å²) in [6.45, 7) is 2.87. The van der Waals surface area contributed by atoms with E-state index in [9.17, 15) is 0 Å². The molecule has 0 unspecified atom stereocenters. The van der Waals surface area contributed by atoms with E-state index in [1.165, 1.54) is 10.7 Å². The number of hydrogen-bond donors (Lipinski definition) is 1. The van der Waals surface area contributed by atoms with Gasteiger partial charge >= 0.3 is 0 Å². The zero-order chi connectivity index (χ0) is 6.10. The Morgan fingerprint density at radius 2 is 2.44 bits per heavy atom. The van der Waals surface area contributed by atoms with E-state index in [0.717, 1.165) is 25.4 Å². The highest BCUT2D eigenvalue weighted by molar-refractivity contribution is 8.03. The van der Waals surface area contributed by atoms with Gasteiger partial charge in [-0.3, -0.25) is 0 Å². The minimum absolute atomic E-state index is 0.894. The molecule has 2 heterocycles. The third kappa shape index (κ3) is 0.946. The Balaban J connectivity index is 2.17. The molecule has 50 valence electrons. The van der Waals surface area contributed by atoms with E-state index < -0.39 is 0 Å². The van der Waals surface area contributed by atoms with Crippen LogP contribution in [0.2, 0.25) is 0 Å². The van der Waals surface area contributed by atoms with Crippen molar-refractivity contribution in [2.45, 2.75) is 0 Å². The van der Waals surface area contributed by atoms with Crippen LogP contribution in [0.1, 0.15) is 0 Å². The van der Waals surface area contributed by atoms with Crippen molar-refractivity contribution in [2.75, 3.05) is 25.4 Å². The summed E-state index contributed by atoms with van der Waals surface area (Å²) < 4.78 is 5.40. The molecular formula is C6H9NOS. The van der Waals surface area contributed by atoms with Gasteiger partial charge < -0.3 is 10.1 Å². The first kappa shape index (κ1) is 5.62. The molecule has 0 bridgehead atoms. The predicted molar refractivity (Wildman–Crippen MR) is 38.3 cm³/mol. The zero-order valence-electron chi connectivity index (χ0n) is 5.14. The van der Waals surface area contributed by atoms with Crippen molar-refractivity contribution >= 4 is 11.8 Å². The van der Waals surface area contributed by atoms with Gasteiger partial charge in [0.05, 0.1) is 13.2 Å². The van der Waals surface area contributed by atoms with Crippen LogP contribution in [0, 0.1) is 0 Å². The maximum atomic E-state index is 5.40. The maximum Gasteiger partial charge on any atom is 0.121 e. The van der Waals surface area contributed by atoms with Gasteiger partial charge in [0.25, 0.3) is 0 Å². The molecule has 0 amide bonds. The van der Waals surface area contributed by atoms with Crippen LogP contribution < -0.4 is 5.32 Å². The van der Waals surface area contributed by atoms with Gasteiger partial charge in [-0.05, 0) is 0 Å². The monoisotopic (exact) mass is 143 g/mol. The van der Waals surface area contributed by atoms with E-state index in [-0.39, 0.29) is 0 Å². The lowest BCUT2D eigenvalue weighted by atomic mass is 10.5. The normalized spacial score (nSPS) is 25.8. The Morgan fingerprint density at radius 1 is 1.44 bits per heavy atom. The summed E-state index contributed by atoms with van der Waals surface area (Å²) in [4.78, 5) is 1.42. The Hall–Kier alpha value is -0.150. The van der Waals surface area contributed by atoms with Gasteiger partial charge in [-0.2, -0.15) is 0 Å². The molecule has 0 aromatic carbocycles. The standard InChI is InChI=1S/C6H9NOS/c1-2-9-6-4-7-3-5(6)8-1/h7H,1-4H2. The largest absolute Gasteiger partial charge is 0.495 e. The van der Waals surface area contributed by atoms with Crippen LogP contribution in [0.5, 0.6) is 0 Å². The van der Waals surface area contributed by atoms with E-state index in [1.54, 1.807) is 0 Å². The van der Waals surface area contributed by atoms with Gasteiger partial charge in [0, 0.05) is 17.2 Å². The second-order valence-corrected chi connectivity index (χ2v) is 3.34. The average molecular weight is 143 g/mol. The summed E-state index contributed by atoms with van der Waals surface area (Å²) in [5.74, 6) is 2.31. The van der Waals surface area contributed by atoms with Crippen LogP contribution in [-0.4, -0.2) is 25.4 Å². The first-order valence-corrected chi connectivity index (χ1v) is 4.14. The van der Waals surface area contributed by atoms with Crippen molar-refractivity contribution in [1.82, 2.24) is 5.32 Å². The second kappa shape index (κ2) is 2.23. The van der Waals surface area contributed by atoms with Crippen molar-refractivity contribution in [3.63, 3.8) is 0 Å². The van der Waals surface area contributed by atoms with Gasteiger partial charge in [-0.1, -0.05) is 0 Å². The van der Waals surface area contributed by atoms with E-state index in [4.69, 9.17) is 4.74 Å². The van der Waals surface area contributed by atoms with Crippen molar-refractivity contribution in [1.29, 1.82) is 0 Å². The lowest BCUT2D eigenvalue weighted by Crippen LogP contribution is -2.09. The second-order valence-electron chi connectivity index (χ2n) is 2.15. The van der Waals surface area contributed by atoms with Crippen molar-refractivity contribution < 1.29 is 4.74 Å². The number of ether oxygens (including phenoxy) is 1. The fourth-order valence-corrected chi connectivity index (χ4v) is 1.99. The maximum absolute atomic E-state index is 5.40. The third-order valence-electron chi connectivity index (χ3n) is 1.52. The summed E-state index contributed by atoms with van der Waals surface area (Å²) in [7, 11) is 0. The Bertz CT molecular complexity index is 139. The summed E-state index contributed by atoms with van der Waals surface area (Å²) in [5, 5.41) is 3.24. The molecular weight excluding hydrogens is 134 g/mol. The lowest BCUT2D eigenvalue weighted by molar-refractivity contribution is 0.227. The van der Waals surface area contributed by atoms with E-state index in [0.29, 0.717) is 0 Å². The molecule has 0 aromatic heterocycles. The topological polar surface area (TPSA) is 21.3 Å². The summed E-state index contributed by atoms with van der Waals surface area (Å²) in [6, 6.07) is 0. The zero-order valence-corrected chi connectivity index (χ0v) is 5.96. The molecule has 0 spiro atoms. The lowest BCUT2D eigenvalue weighted by Gasteiger charge is -2.13. The van der Waals surface area contributed by atoms with Gasteiger partial charge in [0.1, 0.15) is 5.76 Å². The van der Waals surface area contributed by atoms with Crippen molar-refractivity contribution in [3.05, 3.63) is 10.7 Å². The van der Waals surface area contributed by atoms with Crippen LogP contribution >= 0.6 is 11.8 Å². The fraction of sp³-hybridized carbons (Fsp3) is 0.667. The molecule has 0 saturated heterocycles. The van der Waals surface area contributed by atoms with E-state index >= 15 is 0 Å². The molecule has 0 aliphatic carbocycles. The fourth-order valence-electron chi connectivity index (χ4n) is 1.08. The number of rotatable bonds is 0. The third-order valence-corrected chi connectivity index (χ3v) is 2.61. The summed E-state index contributed by atoms with van der Waals surface area (Å²) >= 11 is 1.93. The molecule has 0 atom stereocenters. The van der Waals surface area contributed by atoms with Crippen LogP contribution in [0.15, 0.2) is 10.7 Å². The van der Waals surface area contributed by atoms with Gasteiger partial charge in [-0.15, -0.1) is 11.8 Å². The smallest absolute Gasteiger partial charge is 0.121 e. The number of hydrogen-bond acceptors (Lipinski definition) is 3. The molecule has 0 aromatic rings. The molecule has 2 rings (SSSR count). The van der Waals surface area contributed by atoms with Gasteiger partial charge in [0.2, 0.25) is 0 Å². The molecule has 2 aliphatic heterocycles. The predicted octanol–water partition coefficient (Wildman–Crippen LogP) is 0.565. The highest BCUT2D eigenvalue weighted by Crippen LogP contribution is 2.27. The highest BCUT2D eigenvalue weighted by Gasteiger charge is 2.18. The van der Waals surface area contributed by atoms with E-state index in [1.807, 2.05) is 11.8 Å². The number of thioether (sulfide) groups is 1. The van der Waals surface area contributed by atoms with Crippen LogP contribution in [0.25, 0.3) is 0 Å². The van der Waals surface area contributed by atoms with Crippen LogP contribution in [0.4, 0.5) is 0 Å². The molecule has 2 aliphatic rings. The van der Waals surface area contributed by atoms with Crippen LogP contribution in [0.3, 0.4) is 0 Å². The summed E-state index contributed by atoms with van der Waals surface area (Å²) in [5.41, 5.74) is 0. The minimum Gasteiger partial charge on any atom is -0.495 e. The Kier molecular flexibility index (Phi) is 1.39. The quantitative estimate of drug-likeness (QED) is 0.535. The van der Waals surface area contributed by atoms with E-state index in [2.05, 4.69) is 5.32 Å². The number of nitrogens with one attached hydrogen (secondary N) is 1. The molecule has 1 N–H and O–H groups in total. The van der Waals surface area contributed by atoms with Crippen molar-refractivity contribution in [2.24, 2.45) is 0 Å². The van der Waals surface area contributed by atoms with Gasteiger partial charge in [0.15, 0.2) is 0 Å². The SMILES string of the molecule is C1CSC2=C(CNC2)O1. The molecule has 2 nitrogen and oxygen atoms in total. The first-order valence-electron chi connectivity index (χ1n) is 3.15. The van der Waals surface area contributed by atoms with Gasteiger partial charge in [-0.25, -0.2) is 0 Å². The molecule has 9 heavy (non-hydrogen) atoms. The molecule has 0 saturated carbocycles. The average Bonchev–Trinajstić information content (AvgIpc) is 2.33. The molecule has 0 radical (unpaired) electrons. The molecule has 3 heteroatoms.